The number of para-hydroxylation sites is 2. The molecule has 4 N–H and O–H groups in total. The van der Waals surface area contributed by atoms with Crippen LogP contribution in [0.25, 0.3) is 17.0 Å². The van der Waals surface area contributed by atoms with Gasteiger partial charge < -0.3 is 25.0 Å². The first kappa shape index (κ1) is 20.9. The van der Waals surface area contributed by atoms with E-state index in [1.807, 2.05) is 42.5 Å². The highest BCUT2D eigenvalue weighted by atomic mass is 16.5. The number of fused-ring (bicyclic) bond motifs is 1. The van der Waals surface area contributed by atoms with Crippen molar-refractivity contribution in [3.63, 3.8) is 0 Å². The number of imidazole rings is 1. The molecule has 5 rings (SSSR count). The second-order valence-electron chi connectivity index (χ2n) is 7.14. The molecule has 0 fully saturated rings. The maximum atomic E-state index is 9.91. The lowest BCUT2D eigenvalue weighted by molar-refractivity contribution is 0.272. The maximum absolute atomic E-state index is 9.91. The Kier molecular flexibility index (Phi) is 5.48. The van der Waals surface area contributed by atoms with Crippen molar-refractivity contribution in [2.45, 2.75) is 6.61 Å². The molecule has 11 heteroatoms. The average molecular weight is 458 g/mol. The van der Waals surface area contributed by atoms with E-state index in [4.69, 9.17) is 14.6 Å². The number of aromatic nitrogens is 6. The normalized spacial score (nSPS) is 10.9. The van der Waals surface area contributed by atoms with Crippen LogP contribution in [0.4, 0.5) is 11.6 Å². The molecule has 11 nitrogen and oxygen atoms in total. The molecule has 0 aliphatic carbocycles. The fourth-order valence-electron chi connectivity index (χ4n) is 3.34. The molecule has 0 aliphatic heterocycles. The van der Waals surface area contributed by atoms with Gasteiger partial charge in [0.05, 0.1) is 35.6 Å². The van der Waals surface area contributed by atoms with Crippen LogP contribution in [0.5, 0.6) is 23.3 Å². The Morgan fingerprint density at radius 3 is 2.71 bits per heavy atom. The van der Waals surface area contributed by atoms with Crippen molar-refractivity contribution in [2.75, 3.05) is 12.4 Å². The van der Waals surface area contributed by atoms with E-state index < -0.39 is 0 Å². The van der Waals surface area contributed by atoms with Crippen LogP contribution in [-0.2, 0) is 6.61 Å². The van der Waals surface area contributed by atoms with E-state index in [1.165, 1.54) is 19.5 Å². The number of nitrogens with one attached hydrogen (secondary N) is 1. The van der Waals surface area contributed by atoms with Gasteiger partial charge in [0.1, 0.15) is 12.9 Å². The number of ether oxygens (including phenoxy) is 2. The summed E-state index contributed by atoms with van der Waals surface area (Å²) in [5.74, 6) is 0.339. The standard InChI is InChI=1S/C23H19N7O4/c1-33-19-11-15(10-18(31)20(19)32)27-21-25-13-26-22(29-21)30-17-8-3-2-7-16(17)28-23(30)34-12-14-6-4-5-9-24-14/h2-11,13,31-32H,12H2,1H3,(H,25,26,27,29)/p+1. The molecular formula is C23H20N7O4+. The summed E-state index contributed by atoms with van der Waals surface area (Å²) in [6.07, 6.45) is 3.06. The van der Waals surface area contributed by atoms with Gasteiger partial charge in [-0.3, -0.25) is 4.98 Å². The third-order valence-corrected chi connectivity index (χ3v) is 4.92. The highest BCUT2D eigenvalue weighted by molar-refractivity contribution is 5.78. The van der Waals surface area contributed by atoms with Gasteiger partial charge in [0, 0.05) is 12.3 Å². The second-order valence-corrected chi connectivity index (χ2v) is 7.14. The Labute approximate surface area is 193 Å². The van der Waals surface area contributed by atoms with Crippen molar-refractivity contribution in [1.29, 1.82) is 0 Å². The molecule has 2 aromatic carbocycles. The first-order valence-corrected chi connectivity index (χ1v) is 10.2. The fraction of sp³-hybridized carbons (Fsp3) is 0.0870. The number of nitrogens with zero attached hydrogens (tertiary/aromatic N) is 6. The quantitative estimate of drug-likeness (QED) is 0.278. The van der Waals surface area contributed by atoms with Crippen LogP contribution < -0.4 is 14.8 Å². The SMILES string of the molecule is COc1cc(Nc2ncnc(-n3c(OCc4ccccn4)nc4ccccc43)n2)cc([OH2+])c1O. The van der Waals surface area contributed by atoms with Gasteiger partial charge in [-0.15, -0.1) is 0 Å². The molecule has 3 heterocycles. The molecule has 0 spiro atoms. The first-order chi connectivity index (χ1) is 16.6. The van der Waals surface area contributed by atoms with Crippen molar-refractivity contribution in [1.82, 2.24) is 29.5 Å². The molecule has 0 saturated heterocycles. The summed E-state index contributed by atoms with van der Waals surface area (Å²) < 4.78 is 12.8. The number of pyridine rings is 1. The van der Waals surface area contributed by atoms with Crippen molar-refractivity contribution in [2.24, 2.45) is 0 Å². The van der Waals surface area contributed by atoms with Crippen molar-refractivity contribution in [3.8, 4) is 29.2 Å². The number of anilines is 2. The van der Waals surface area contributed by atoms with Crippen molar-refractivity contribution < 1.29 is 19.7 Å². The number of hydrogen-bond donors (Lipinski definition) is 2. The Balaban J connectivity index is 1.50. The van der Waals surface area contributed by atoms with Gasteiger partial charge in [-0.1, -0.05) is 18.2 Å². The predicted molar refractivity (Wildman–Crippen MR) is 124 cm³/mol. The van der Waals surface area contributed by atoms with Crippen LogP contribution in [0.1, 0.15) is 5.69 Å². The minimum Gasteiger partial charge on any atom is -0.591 e. The molecule has 0 aliphatic rings. The molecule has 0 atom stereocenters. The van der Waals surface area contributed by atoms with E-state index in [9.17, 15) is 5.11 Å². The lowest BCUT2D eigenvalue weighted by Crippen LogP contribution is -2.08. The average Bonchev–Trinajstić information content (AvgIpc) is 3.24. The Morgan fingerprint density at radius 1 is 1.03 bits per heavy atom. The van der Waals surface area contributed by atoms with Gasteiger partial charge in [0.2, 0.25) is 11.9 Å². The van der Waals surface area contributed by atoms with E-state index in [-0.39, 0.29) is 29.8 Å². The lowest BCUT2D eigenvalue weighted by atomic mass is 10.2. The van der Waals surface area contributed by atoms with Crippen LogP contribution in [0, 0.1) is 0 Å². The summed E-state index contributed by atoms with van der Waals surface area (Å²) in [6.45, 7) is 0.222. The molecule has 3 aromatic heterocycles. The monoisotopic (exact) mass is 458 g/mol. The van der Waals surface area contributed by atoms with Crippen LogP contribution >= 0.6 is 0 Å². The van der Waals surface area contributed by atoms with E-state index in [1.54, 1.807) is 16.8 Å². The fourth-order valence-corrected chi connectivity index (χ4v) is 3.34. The van der Waals surface area contributed by atoms with Crippen molar-refractivity contribution >= 4 is 22.7 Å². The summed E-state index contributed by atoms with van der Waals surface area (Å²) in [5, 5.41) is 20.8. The predicted octanol–water partition coefficient (Wildman–Crippen LogP) is 3.08. The summed E-state index contributed by atoms with van der Waals surface area (Å²) in [7, 11) is 1.41. The maximum Gasteiger partial charge on any atom is 0.304 e. The second kappa shape index (κ2) is 8.90. The summed E-state index contributed by atoms with van der Waals surface area (Å²) in [6, 6.07) is 16.4. The molecular weight excluding hydrogens is 438 g/mol. The number of methoxy groups -OCH3 is 1. The summed E-state index contributed by atoms with van der Waals surface area (Å²) in [4.78, 5) is 21.9. The molecule has 34 heavy (non-hydrogen) atoms. The number of phenolic OH excluding ortho intramolecular Hbond substituents is 1. The largest absolute Gasteiger partial charge is 0.591 e. The van der Waals surface area contributed by atoms with E-state index in [2.05, 4.69) is 30.2 Å². The molecule has 0 unspecified atom stereocenters. The number of rotatable bonds is 7. The molecule has 0 radical (unpaired) electrons. The molecule has 170 valence electrons. The molecule has 0 saturated carbocycles. The third-order valence-electron chi connectivity index (χ3n) is 4.92. The zero-order valence-electron chi connectivity index (χ0n) is 18.0. The lowest BCUT2D eigenvalue weighted by Gasteiger charge is -2.11. The van der Waals surface area contributed by atoms with Crippen LogP contribution in [-0.4, -0.2) is 46.8 Å². The van der Waals surface area contributed by atoms with Crippen LogP contribution in [0.3, 0.4) is 0 Å². The van der Waals surface area contributed by atoms with Gasteiger partial charge in [0.25, 0.3) is 5.75 Å². The topological polar surface area (TPSA) is 143 Å². The number of aromatic hydroxyl groups is 1. The van der Waals surface area contributed by atoms with Gasteiger partial charge in [-0.25, -0.2) is 14.5 Å². The number of benzene rings is 2. The van der Waals surface area contributed by atoms with Gasteiger partial charge in [-0.2, -0.15) is 9.97 Å². The minimum absolute atomic E-state index is 0.0954. The van der Waals surface area contributed by atoms with Crippen LogP contribution in [0.2, 0.25) is 0 Å². The Morgan fingerprint density at radius 2 is 1.88 bits per heavy atom. The van der Waals surface area contributed by atoms with E-state index >= 15 is 0 Å². The zero-order chi connectivity index (χ0) is 23.5. The van der Waals surface area contributed by atoms with Gasteiger partial charge in [-0.05, 0) is 24.3 Å². The van der Waals surface area contributed by atoms with Crippen molar-refractivity contribution in [3.05, 3.63) is 72.8 Å². The van der Waals surface area contributed by atoms with E-state index in [0.29, 0.717) is 17.6 Å². The zero-order valence-corrected chi connectivity index (χ0v) is 18.0. The Bertz CT molecular complexity index is 1460. The molecule has 0 bridgehead atoms. The first-order valence-electron chi connectivity index (χ1n) is 10.2. The minimum atomic E-state index is -0.246. The molecule has 0 amide bonds. The number of hydrogen-bond acceptors (Lipinski definition) is 9. The summed E-state index contributed by atoms with van der Waals surface area (Å²) in [5.41, 5.74) is 2.71. The van der Waals surface area contributed by atoms with Crippen LogP contribution in [0.15, 0.2) is 67.1 Å². The smallest absolute Gasteiger partial charge is 0.304 e. The molecule has 5 aromatic rings. The van der Waals surface area contributed by atoms with Gasteiger partial charge >= 0.3 is 11.8 Å². The number of phenols is 1. The highest BCUT2D eigenvalue weighted by Crippen LogP contribution is 2.38. The van der Waals surface area contributed by atoms with Gasteiger partial charge in [0.15, 0.2) is 5.75 Å². The summed E-state index contributed by atoms with van der Waals surface area (Å²) >= 11 is 0. The third kappa shape index (κ3) is 4.09. The van der Waals surface area contributed by atoms with E-state index in [0.717, 1.165) is 16.7 Å². The Hall–Kier alpha value is -4.93. The highest BCUT2D eigenvalue weighted by Gasteiger charge is 2.18.